The van der Waals surface area contributed by atoms with Crippen LogP contribution in [-0.2, 0) is 11.2 Å². The molecule has 0 spiro atoms. The number of nitrogens with zero attached hydrogens (tertiary/aromatic N) is 6. The Kier molecular flexibility index (Phi) is 7.18. The highest BCUT2D eigenvalue weighted by atomic mass is 19.1. The van der Waals surface area contributed by atoms with Crippen LogP contribution >= 0.6 is 0 Å². The van der Waals surface area contributed by atoms with Crippen LogP contribution in [0.2, 0.25) is 0 Å². The van der Waals surface area contributed by atoms with Gasteiger partial charge in [-0.2, -0.15) is 10.5 Å². The Morgan fingerprint density at radius 2 is 2.03 bits per heavy atom. The molecular weight excluding hydrogens is 411 g/mol. The van der Waals surface area contributed by atoms with E-state index in [0.29, 0.717) is 36.5 Å². The first kappa shape index (κ1) is 22.9. The van der Waals surface area contributed by atoms with E-state index in [1.807, 2.05) is 18.9 Å². The first-order valence-electron chi connectivity index (χ1n) is 10.4. The second-order valence-electron chi connectivity index (χ2n) is 7.61. The summed E-state index contributed by atoms with van der Waals surface area (Å²) in [6, 6.07) is 4.38. The SMILES string of the molecule is CCc1c(C#N)c(NC(C(N)=O)c2ccncc2F)nc(N2CCCN(C)CC2)c1C#N. The van der Waals surface area contributed by atoms with Crippen molar-refractivity contribution >= 4 is 17.5 Å². The molecule has 1 atom stereocenters. The van der Waals surface area contributed by atoms with Gasteiger partial charge >= 0.3 is 0 Å². The van der Waals surface area contributed by atoms with Gasteiger partial charge in [0.2, 0.25) is 5.91 Å². The Morgan fingerprint density at radius 1 is 1.28 bits per heavy atom. The smallest absolute Gasteiger partial charge is 0.244 e. The number of carbonyl (C=O) groups is 1. The minimum absolute atomic E-state index is 0.00135. The first-order chi connectivity index (χ1) is 15.4. The Morgan fingerprint density at radius 3 is 2.66 bits per heavy atom. The summed E-state index contributed by atoms with van der Waals surface area (Å²) in [5.41, 5.74) is 6.56. The van der Waals surface area contributed by atoms with Gasteiger partial charge in [0.15, 0.2) is 0 Å². The maximum atomic E-state index is 14.3. The number of amides is 1. The summed E-state index contributed by atoms with van der Waals surface area (Å²) in [6.45, 7) is 4.91. The van der Waals surface area contributed by atoms with E-state index in [4.69, 9.17) is 5.73 Å². The van der Waals surface area contributed by atoms with Crippen molar-refractivity contribution in [1.82, 2.24) is 14.9 Å². The third kappa shape index (κ3) is 4.61. The molecule has 0 aromatic carbocycles. The first-order valence-corrected chi connectivity index (χ1v) is 10.4. The molecule has 1 aliphatic rings. The van der Waals surface area contributed by atoms with E-state index < -0.39 is 17.8 Å². The van der Waals surface area contributed by atoms with Gasteiger partial charge in [0.05, 0.1) is 17.3 Å². The van der Waals surface area contributed by atoms with Crippen molar-refractivity contribution in [2.75, 3.05) is 43.4 Å². The number of primary amides is 1. The maximum Gasteiger partial charge on any atom is 0.244 e. The number of likely N-dealkylation sites (N-methyl/N-ethyl adjacent to an activating group) is 1. The Bertz CT molecular complexity index is 1090. The number of aromatic nitrogens is 2. The second kappa shape index (κ2) is 10.0. The molecule has 0 radical (unpaired) electrons. The van der Waals surface area contributed by atoms with Crippen molar-refractivity contribution in [1.29, 1.82) is 10.5 Å². The lowest BCUT2D eigenvalue weighted by Crippen LogP contribution is -2.32. The molecule has 0 saturated carbocycles. The highest BCUT2D eigenvalue weighted by Gasteiger charge is 2.28. The zero-order valence-corrected chi connectivity index (χ0v) is 18.1. The number of nitrogens with one attached hydrogen (secondary N) is 1. The summed E-state index contributed by atoms with van der Waals surface area (Å²) in [6.07, 6.45) is 3.64. The topological polar surface area (TPSA) is 135 Å². The van der Waals surface area contributed by atoms with Crippen molar-refractivity contribution in [3.63, 3.8) is 0 Å². The van der Waals surface area contributed by atoms with Crippen molar-refractivity contribution in [3.8, 4) is 12.1 Å². The molecule has 166 valence electrons. The van der Waals surface area contributed by atoms with E-state index in [1.165, 1.54) is 12.3 Å². The van der Waals surface area contributed by atoms with E-state index in [1.54, 1.807) is 0 Å². The maximum absolute atomic E-state index is 14.3. The molecule has 3 heterocycles. The normalized spacial score (nSPS) is 15.3. The van der Waals surface area contributed by atoms with Crippen LogP contribution in [0.1, 0.15) is 41.6 Å². The zero-order valence-electron chi connectivity index (χ0n) is 18.1. The predicted molar refractivity (Wildman–Crippen MR) is 117 cm³/mol. The number of hydrogen-bond donors (Lipinski definition) is 2. The summed E-state index contributed by atoms with van der Waals surface area (Å²) in [5.74, 6) is -1.00. The molecule has 10 heteroatoms. The summed E-state index contributed by atoms with van der Waals surface area (Å²) in [7, 11) is 2.03. The average Bonchev–Trinajstić information content (AvgIpc) is 3.01. The van der Waals surface area contributed by atoms with E-state index in [2.05, 4.69) is 32.3 Å². The van der Waals surface area contributed by atoms with Gasteiger partial charge in [-0.05, 0) is 38.1 Å². The van der Waals surface area contributed by atoms with Crippen molar-refractivity contribution in [2.24, 2.45) is 5.73 Å². The molecule has 1 fully saturated rings. The number of carbonyl (C=O) groups excluding carboxylic acids is 1. The molecule has 3 rings (SSSR count). The number of hydrogen-bond acceptors (Lipinski definition) is 8. The standard InChI is InChI=1S/C22H25FN8O/c1-3-14-16(11-24)21(28-19(20(26)32)15-5-6-27-13-18(15)23)29-22(17(14)12-25)31-8-4-7-30(2)9-10-31/h5-6,13,19H,3-4,7-10H2,1-2H3,(H2,26,32)(H,28,29). The van der Waals surface area contributed by atoms with E-state index >= 15 is 0 Å². The lowest BCUT2D eigenvalue weighted by atomic mass is 9.99. The van der Waals surface area contributed by atoms with Crippen LogP contribution in [-0.4, -0.2) is 54.0 Å². The van der Waals surface area contributed by atoms with Gasteiger partial charge < -0.3 is 20.9 Å². The fourth-order valence-corrected chi connectivity index (χ4v) is 3.86. The molecular formula is C22H25FN8O. The Labute approximate surface area is 186 Å². The molecule has 3 N–H and O–H groups in total. The molecule has 9 nitrogen and oxygen atoms in total. The molecule has 2 aromatic heterocycles. The number of pyridine rings is 2. The van der Waals surface area contributed by atoms with Crippen molar-refractivity contribution in [2.45, 2.75) is 25.8 Å². The zero-order chi connectivity index (χ0) is 23.3. The van der Waals surface area contributed by atoms with Gasteiger partial charge in [-0.1, -0.05) is 6.92 Å². The summed E-state index contributed by atoms with van der Waals surface area (Å²) >= 11 is 0. The molecule has 1 amide bonds. The minimum atomic E-state index is -1.27. The van der Waals surface area contributed by atoms with Crippen LogP contribution < -0.4 is 16.0 Å². The van der Waals surface area contributed by atoms with Crippen LogP contribution in [0.5, 0.6) is 0 Å². The van der Waals surface area contributed by atoms with Crippen LogP contribution in [0.4, 0.5) is 16.0 Å². The van der Waals surface area contributed by atoms with Gasteiger partial charge in [-0.25, -0.2) is 9.37 Å². The fourth-order valence-electron chi connectivity index (χ4n) is 3.86. The third-order valence-electron chi connectivity index (χ3n) is 5.56. The summed E-state index contributed by atoms with van der Waals surface area (Å²) in [5, 5.41) is 22.6. The van der Waals surface area contributed by atoms with Gasteiger partial charge in [-0.3, -0.25) is 9.78 Å². The second-order valence-corrected chi connectivity index (χ2v) is 7.61. The quantitative estimate of drug-likeness (QED) is 0.699. The van der Waals surface area contributed by atoms with E-state index in [-0.39, 0.29) is 16.9 Å². The monoisotopic (exact) mass is 436 g/mol. The average molecular weight is 436 g/mol. The Balaban J connectivity index is 2.14. The van der Waals surface area contributed by atoms with Crippen molar-refractivity contribution < 1.29 is 9.18 Å². The van der Waals surface area contributed by atoms with E-state index in [9.17, 15) is 19.7 Å². The van der Waals surface area contributed by atoms with Crippen LogP contribution in [0, 0.1) is 28.5 Å². The molecule has 0 bridgehead atoms. The lowest BCUT2D eigenvalue weighted by Gasteiger charge is -2.26. The van der Waals surface area contributed by atoms with Crippen molar-refractivity contribution in [3.05, 3.63) is 46.5 Å². The van der Waals surface area contributed by atoms with E-state index in [0.717, 1.165) is 25.7 Å². The number of anilines is 2. The molecule has 0 aliphatic carbocycles. The van der Waals surface area contributed by atoms with Gasteiger partial charge in [0.1, 0.15) is 35.6 Å². The lowest BCUT2D eigenvalue weighted by molar-refractivity contribution is -0.118. The summed E-state index contributed by atoms with van der Waals surface area (Å²) < 4.78 is 14.3. The van der Waals surface area contributed by atoms with Crippen LogP contribution in [0.3, 0.4) is 0 Å². The van der Waals surface area contributed by atoms with Gasteiger partial charge in [0, 0.05) is 31.4 Å². The van der Waals surface area contributed by atoms with Crippen LogP contribution in [0.25, 0.3) is 0 Å². The highest BCUT2D eigenvalue weighted by Crippen LogP contribution is 2.32. The van der Waals surface area contributed by atoms with Crippen LogP contribution in [0.15, 0.2) is 18.5 Å². The van der Waals surface area contributed by atoms with Gasteiger partial charge in [0.25, 0.3) is 0 Å². The minimum Gasteiger partial charge on any atom is -0.368 e. The number of halogens is 1. The third-order valence-corrected chi connectivity index (χ3v) is 5.56. The fraction of sp³-hybridized carbons (Fsp3) is 0.409. The molecule has 32 heavy (non-hydrogen) atoms. The Hall–Kier alpha value is -3.76. The van der Waals surface area contributed by atoms with Gasteiger partial charge in [-0.15, -0.1) is 0 Å². The molecule has 1 saturated heterocycles. The summed E-state index contributed by atoms with van der Waals surface area (Å²) in [4.78, 5) is 24.7. The number of nitriles is 2. The molecule has 2 aromatic rings. The number of nitrogens with two attached hydrogens (primary N) is 1. The molecule has 1 aliphatic heterocycles. The highest BCUT2D eigenvalue weighted by molar-refractivity contribution is 5.85. The predicted octanol–water partition coefficient (Wildman–Crippen LogP) is 1.70. The number of rotatable bonds is 6. The molecule has 1 unspecified atom stereocenters. The largest absolute Gasteiger partial charge is 0.368 e.